The molecule has 2 unspecified atom stereocenters. The topological polar surface area (TPSA) is 84.1 Å². The van der Waals surface area contributed by atoms with Crippen molar-refractivity contribution in [3.63, 3.8) is 0 Å². The van der Waals surface area contributed by atoms with Gasteiger partial charge in [-0.1, -0.05) is 0 Å². The van der Waals surface area contributed by atoms with E-state index in [0.29, 0.717) is 6.54 Å². The number of halogens is 1. The van der Waals surface area contributed by atoms with Crippen molar-refractivity contribution in [2.24, 2.45) is 5.73 Å². The van der Waals surface area contributed by atoms with Gasteiger partial charge in [-0.25, -0.2) is 0 Å². The molecular weight excluding hydrogens is 296 g/mol. The SMILES string of the molecule is CC(O)C(N)CNc1ccnc2cc(Br)cnc12. The van der Waals surface area contributed by atoms with E-state index in [-0.39, 0.29) is 6.04 Å². The molecule has 2 aromatic heterocycles. The maximum Gasteiger partial charge on any atom is 0.112 e. The average molecular weight is 311 g/mol. The van der Waals surface area contributed by atoms with E-state index in [0.717, 1.165) is 21.2 Å². The van der Waals surface area contributed by atoms with E-state index in [4.69, 9.17) is 5.73 Å². The Morgan fingerprint density at radius 2 is 2.28 bits per heavy atom. The largest absolute Gasteiger partial charge is 0.392 e. The van der Waals surface area contributed by atoms with Crippen LogP contribution in [0.15, 0.2) is 29.0 Å². The molecule has 2 heterocycles. The molecule has 0 aromatic carbocycles. The zero-order chi connectivity index (χ0) is 13.1. The third kappa shape index (κ3) is 2.95. The number of nitrogens with two attached hydrogens (primary N) is 1. The van der Waals surface area contributed by atoms with Crippen LogP contribution in [0.5, 0.6) is 0 Å². The number of aliphatic hydroxyl groups excluding tert-OH is 1. The van der Waals surface area contributed by atoms with Crippen LogP contribution >= 0.6 is 15.9 Å². The lowest BCUT2D eigenvalue weighted by atomic mass is 10.2. The van der Waals surface area contributed by atoms with E-state index in [9.17, 15) is 5.11 Å². The fourth-order valence-electron chi connectivity index (χ4n) is 1.55. The Bertz CT molecular complexity index is 547. The molecule has 2 aromatic rings. The first-order valence-corrected chi connectivity index (χ1v) is 6.45. The van der Waals surface area contributed by atoms with E-state index in [1.807, 2.05) is 12.1 Å². The monoisotopic (exact) mass is 310 g/mol. The molecule has 2 rings (SSSR count). The maximum absolute atomic E-state index is 9.35. The Hall–Kier alpha value is -1.24. The lowest BCUT2D eigenvalue weighted by Crippen LogP contribution is -2.38. The van der Waals surface area contributed by atoms with Crippen molar-refractivity contribution in [2.75, 3.05) is 11.9 Å². The number of nitrogens with zero attached hydrogens (tertiary/aromatic N) is 2. The van der Waals surface area contributed by atoms with Crippen molar-refractivity contribution < 1.29 is 5.11 Å². The summed E-state index contributed by atoms with van der Waals surface area (Å²) in [6.45, 7) is 2.15. The second-order valence-corrected chi connectivity index (χ2v) is 5.08. The molecule has 0 spiro atoms. The minimum absolute atomic E-state index is 0.316. The van der Waals surface area contributed by atoms with Crippen LogP contribution < -0.4 is 11.1 Å². The zero-order valence-corrected chi connectivity index (χ0v) is 11.6. The van der Waals surface area contributed by atoms with Gasteiger partial charge in [-0.15, -0.1) is 0 Å². The predicted octanol–water partition coefficient (Wildman–Crippen LogP) is 1.51. The van der Waals surface area contributed by atoms with Crippen LogP contribution in [0.3, 0.4) is 0 Å². The molecule has 0 bridgehead atoms. The van der Waals surface area contributed by atoms with Crippen molar-refractivity contribution in [3.05, 3.63) is 29.0 Å². The fraction of sp³-hybridized carbons (Fsp3) is 0.333. The van der Waals surface area contributed by atoms with Crippen LogP contribution in [0.1, 0.15) is 6.92 Å². The highest BCUT2D eigenvalue weighted by Crippen LogP contribution is 2.21. The van der Waals surface area contributed by atoms with Gasteiger partial charge in [-0.3, -0.25) is 9.97 Å². The third-order valence-corrected chi connectivity index (χ3v) is 3.13. The summed E-state index contributed by atoms with van der Waals surface area (Å²) >= 11 is 3.36. The molecule has 0 aliphatic rings. The molecule has 18 heavy (non-hydrogen) atoms. The number of rotatable bonds is 4. The summed E-state index contributed by atoms with van der Waals surface area (Å²) in [6.07, 6.45) is 2.89. The van der Waals surface area contributed by atoms with E-state index in [2.05, 4.69) is 31.2 Å². The highest BCUT2D eigenvalue weighted by Gasteiger charge is 2.10. The first-order chi connectivity index (χ1) is 8.58. The molecule has 5 nitrogen and oxygen atoms in total. The van der Waals surface area contributed by atoms with Crippen LogP contribution in [-0.4, -0.2) is 33.8 Å². The molecule has 2 atom stereocenters. The molecule has 96 valence electrons. The van der Waals surface area contributed by atoms with Gasteiger partial charge in [0.15, 0.2) is 0 Å². The molecule has 0 fully saturated rings. The summed E-state index contributed by atoms with van der Waals surface area (Å²) in [5.74, 6) is 0. The van der Waals surface area contributed by atoms with Gasteiger partial charge in [0.25, 0.3) is 0 Å². The number of hydrogen-bond donors (Lipinski definition) is 3. The first kappa shape index (κ1) is 13.2. The molecule has 0 saturated carbocycles. The lowest BCUT2D eigenvalue weighted by molar-refractivity contribution is 0.168. The van der Waals surface area contributed by atoms with Gasteiger partial charge in [0, 0.05) is 29.5 Å². The number of anilines is 1. The van der Waals surface area contributed by atoms with Gasteiger partial charge in [-0.05, 0) is 35.0 Å². The summed E-state index contributed by atoms with van der Waals surface area (Å²) in [5, 5.41) is 12.5. The summed E-state index contributed by atoms with van der Waals surface area (Å²) in [5.41, 5.74) is 8.24. The summed E-state index contributed by atoms with van der Waals surface area (Å²) in [7, 11) is 0. The Labute approximate surface area is 114 Å². The minimum Gasteiger partial charge on any atom is -0.392 e. The Balaban J connectivity index is 2.23. The van der Waals surface area contributed by atoms with Crippen LogP contribution in [-0.2, 0) is 0 Å². The van der Waals surface area contributed by atoms with Gasteiger partial charge < -0.3 is 16.2 Å². The van der Waals surface area contributed by atoms with Crippen molar-refractivity contribution >= 4 is 32.7 Å². The lowest BCUT2D eigenvalue weighted by Gasteiger charge is -2.16. The quantitative estimate of drug-likeness (QED) is 0.797. The highest BCUT2D eigenvalue weighted by molar-refractivity contribution is 9.10. The molecular formula is C12H15BrN4O. The van der Waals surface area contributed by atoms with Gasteiger partial charge in [0.1, 0.15) is 5.52 Å². The third-order valence-electron chi connectivity index (χ3n) is 2.69. The summed E-state index contributed by atoms with van der Waals surface area (Å²) in [6, 6.07) is 3.43. The van der Waals surface area contributed by atoms with Crippen molar-refractivity contribution in [2.45, 2.75) is 19.1 Å². The van der Waals surface area contributed by atoms with Gasteiger partial charge in [0.2, 0.25) is 0 Å². The Morgan fingerprint density at radius 3 is 3.00 bits per heavy atom. The summed E-state index contributed by atoms with van der Waals surface area (Å²) < 4.78 is 0.889. The van der Waals surface area contributed by atoms with E-state index in [1.165, 1.54) is 0 Å². The van der Waals surface area contributed by atoms with Crippen LogP contribution in [0, 0.1) is 0 Å². The molecule has 6 heteroatoms. The van der Waals surface area contributed by atoms with Crippen LogP contribution in [0.4, 0.5) is 5.69 Å². The number of aliphatic hydroxyl groups is 1. The number of aromatic nitrogens is 2. The van der Waals surface area contributed by atoms with Gasteiger partial charge in [0.05, 0.1) is 17.3 Å². The van der Waals surface area contributed by atoms with Gasteiger partial charge >= 0.3 is 0 Å². The van der Waals surface area contributed by atoms with E-state index in [1.54, 1.807) is 19.3 Å². The number of fused-ring (bicyclic) bond motifs is 1. The fourth-order valence-corrected chi connectivity index (χ4v) is 1.87. The second kappa shape index (κ2) is 5.60. The van der Waals surface area contributed by atoms with E-state index < -0.39 is 6.10 Å². The summed E-state index contributed by atoms with van der Waals surface area (Å²) in [4.78, 5) is 8.58. The van der Waals surface area contributed by atoms with E-state index >= 15 is 0 Å². The van der Waals surface area contributed by atoms with Crippen molar-refractivity contribution in [1.82, 2.24) is 9.97 Å². The van der Waals surface area contributed by atoms with Crippen molar-refractivity contribution in [1.29, 1.82) is 0 Å². The minimum atomic E-state index is -0.548. The Morgan fingerprint density at radius 1 is 1.50 bits per heavy atom. The zero-order valence-electron chi connectivity index (χ0n) is 9.97. The predicted molar refractivity (Wildman–Crippen MR) is 75.4 cm³/mol. The van der Waals surface area contributed by atoms with Gasteiger partial charge in [-0.2, -0.15) is 0 Å². The molecule has 0 amide bonds. The number of pyridine rings is 2. The Kier molecular flexibility index (Phi) is 4.11. The molecule has 0 aliphatic heterocycles. The number of nitrogens with one attached hydrogen (secondary N) is 1. The average Bonchev–Trinajstić information content (AvgIpc) is 2.35. The molecule has 0 aliphatic carbocycles. The molecule has 0 saturated heterocycles. The van der Waals surface area contributed by atoms with Crippen LogP contribution in [0.25, 0.3) is 11.0 Å². The highest BCUT2D eigenvalue weighted by atomic mass is 79.9. The second-order valence-electron chi connectivity index (χ2n) is 4.17. The smallest absolute Gasteiger partial charge is 0.112 e. The maximum atomic E-state index is 9.35. The standard InChI is InChI=1S/C12H15BrN4O/c1-7(18)9(14)6-16-10-2-3-15-11-4-8(13)5-17-12(10)11/h2-5,7,9,18H,6,14H2,1H3,(H,15,16). The molecule has 4 N–H and O–H groups in total. The first-order valence-electron chi connectivity index (χ1n) is 5.65. The number of hydrogen-bond acceptors (Lipinski definition) is 5. The van der Waals surface area contributed by atoms with Crippen molar-refractivity contribution in [3.8, 4) is 0 Å². The molecule has 0 radical (unpaired) electrons. The normalized spacial score (nSPS) is 14.4. The van der Waals surface area contributed by atoms with Crippen LogP contribution in [0.2, 0.25) is 0 Å².